The average molecular weight is 338 g/mol. The van der Waals surface area contributed by atoms with Crippen molar-refractivity contribution in [2.45, 2.75) is 13.8 Å². The predicted octanol–water partition coefficient (Wildman–Crippen LogP) is 4.49. The van der Waals surface area contributed by atoms with Crippen LogP contribution in [0.3, 0.4) is 0 Å². The Morgan fingerprint density at radius 3 is 2.32 bits per heavy atom. The van der Waals surface area contributed by atoms with Gasteiger partial charge in [0.25, 0.3) is 5.91 Å². The Hall–Kier alpha value is -1.78. The van der Waals surface area contributed by atoms with Gasteiger partial charge in [0.2, 0.25) is 0 Å². The number of hydrogen-bond acceptors (Lipinski definition) is 3. The summed E-state index contributed by atoms with van der Waals surface area (Å²) in [5.74, 6) is -0.386. The maximum Gasteiger partial charge on any atom is 0.275 e. The average Bonchev–Trinajstić information content (AvgIpc) is 2.52. The second kappa shape index (κ2) is 7.47. The molecule has 0 saturated heterocycles. The van der Waals surface area contributed by atoms with Gasteiger partial charge in [0.1, 0.15) is 10.8 Å². The van der Waals surface area contributed by atoms with Crippen molar-refractivity contribution in [2.24, 2.45) is 0 Å². The smallest absolute Gasteiger partial charge is 0.275 e. The quantitative estimate of drug-likeness (QED) is 0.817. The third-order valence-electron chi connectivity index (χ3n) is 3.28. The molecule has 0 aliphatic heterocycles. The fraction of sp³-hybridized carbons (Fsp3) is 0.250. The molecule has 116 valence electrons. The highest BCUT2D eigenvalue weighted by Gasteiger charge is 2.13. The van der Waals surface area contributed by atoms with E-state index in [4.69, 9.17) is 23.2 Å². The molecule has 0 saturated carbocycles. The van der Waals surface area contributed by atoms with Gasteiger partial charge in [-0.05, 0) is 50.2 Å². The summed E-state index contributed by atoms with van der Waals surface area (Å²) in [7, 11) is 0. The van der Waals surface area contributed by atoms with Crippen LogP contribution in [-0.2, 0) is 0 Å². The maximum atomic E-state index is 12.2. The number of amides is 1. The Labute approximate surface area is 140 Å². The fourth-order valence-electron chi connectivity index (χ4n) is 2.11. The predicted molar refractivity (Wildman–Crippen MR) is 92.2 cm³/mol. The van der Waals surface area contributed by atoms with Gasteiger partial charge in [-0.1, -0.05) is 23.2 Å². The Balaban J connectivity index is 2.13. The molecule has 6 heteroatoms. The summed E-state index contributed by atoms with van der Waals surface area (Å²) in [5, 5.41) is 3.26. The number of benzene rings is 1. The zero-order chi connectivity index (χ0) is 16.1. The zero-order valence-corrected chi connectivity index (χ0v) is 13.9. The molecular formula is C16H17Cl2N3O. The molecule has 2 rings (SSSR count). The Bertz CT molecular complexity index is 655. The molecule has 1 heterocycles. The molecule has 0 aliphatic rings. The number of anilines is 2. The molecule has 0 radical (unpaired) electrons. The normalized spacial score (nSPS) is 10.4. The molecule has 1 aromatic carbocycles. The summed E-state index contributed by atoms with van der Waals surface area (Å²) in [4.78, 5) is 18.4. The molecule has 0 fully saturated rings. The minimum atomic E-state index is -0.386. The van der Waals surface area contributed by atoms with Crippen LogP contribution in [0.5, 0.6) is 0 Å². The van der Waals surface area contributed by atoms with Gasteiger partial charge >= 0.3 is 0 Å². The van der Waals surface area contributed by atoms with E-state index in [9.17, 15) is 4.79 Å². The lowest BCUT2D eigenvalue weighted by molar-refractivity contribution is 0.102. The molecular weight excluding hydrogens is 321 g/mol. The highest BCUT2D eigenvalue weighted by Crippen LogP contribution is 2.20. The number of pyridine rings is 1. The molecule has 2 aromatic rings. The third kappa shape index (κ3) is 3.90. The largest absolute Gasteiger partial charge is 0.372 e. The van der Waals surface area contributed by atoms with Crippen LogP contribution in [-0.4, -0.2) is 24.0 Å². The van der Waals surface area contributed by atoms with Gasteiger partial charge in [0, 0.05) is 24.5 Å². The zero-order valence-electron chi connectivity index (χ0n) is 12.4. The van der Waals surface area contributed by atoms with Crippen molar-refractivity contribution >= 4 is 40.5 Å². The van der Waals surface area contributed by atoms with E-state index in [-0.39, 0.29) is 21.8 Å². The van der Waals surface area contributed by atoms with E-state index in [2.05, 4.69) is 29.0 Å². The summed E-state index contributed by atoms with van der Waals surface area (Å²) in [6.07, 6.45) is 0. The van der Waals surface area contributed by atoms with Gasteiger partial charge in [-0.15, -0.1) is 0 Å². The number of halogens is 2. The molecule has 4 nitrogen and oxygen atoms in total. The number of nitrogens with zero attached hydrogens (tertiary/aromatic N) is 2. The number of hydrogen-bond donors (Lipinski definition) is 1. The van der Waals surface area contributed by atoms with E-state index in [0.29, 0.717) is 5.69 Å². The minimum absolute atomic E-state index is 0.113. The lowest BCUT2D eigenvalue weighted by Gasteiger charge is -2.21. The summed E-state index contributed by atoms with van der Waals surface area (Å²) in [6, 6.07) is 10.7. The van der Waals surface area contributed by atoms with Crippen molar-refractivity contribution in [1.82, 2.24) is 4.98 Å². The van der Waals surface area contributed by atoms with Crippen molar-refractivity contribution < 1.29 is 4.79 Å². The molecule has 1 aromatic heterocycles. The molecule has 1 amide bonds. The molecule has 0 unspecified atom stereocenters. The second-order valence-electron chi connectivity index (χ2n) is 4.64. The standard InChI is InChI=1S/C16H17Cl2N3O/c1-3-21(4-2)12-7-5-11(6-8-12)19-16(22)15-13(17)9-10-14(18)20-15/h5-10H,3-4H2,1-2H3,(H,19,22). The first-order chi connectivity index (χ1) is 10.5. The van der Waals surface area contributed by atoms with Crippen molar-refractivity contribution in [1.29, 1.82) is 0 Å². The van der Waals surface area contributed by atoms with Crippen LogP contribution in [0.4, 0.5) is 11.4 Å². The number of rotatable bonds is 5. The second-order valence-corrected chi connectivity index (χ2v) is 5.43. The van der Waals surface area contributed by atoms with E-state index >= 15 is 0 Å². The summed E-state index contributed by atoms with van der Waals surface area (Å²) < 4.78 is 0. The summed E-state index contributed by atoms with van der Waals surface area (Å²) in [5.41, 5.74) is 1.91. The number of aromatic nitrogens is 1. The van der Waals surface area contributed by atoms with Gasteiger partial charge < -0.3 is 10.2 Å². The van der Waals surface area contributed by atoms with Crippen LogP contribution in [0.15, 0.2) is 36.4 Å². The Morgan fingerprint density at radius 2 is 1.73 bits per heavy atom. The van der Waals surface area contributed by atoms with Crippen molar-refractivity contribution in [3.8, 4) is 0 Å². The lowest BCUT2D eigenvalue weighted by Crippen LogP contribution is -2.21. The first kappa shape index (κ1) is 16.6. The van der Waals surface area contributed by atoms with Crippen LogP contribution in [0.1, 0.15) is 24.3 Å². The van der Waals surface area contributed by atoms with E-state index in [1.807, 2.05) is 24.3 Å². The summed E-state index contributed by atoms with van der Waals surface area (Å²) in [6.45, 7) is 6.08. The monoisotopic (exact) mass is 337 g/mol. The number of nitrogens with one attached hydrogen (secondary N) is 1. The van der Waals surface area contributed by atoms with Crippen molar-refractivity contribution in [3.05, 3.63) is 52.3 Å². The van der Waals surface area contributed by atoms with E-state index in [1.165, 1.54) is 0 Å². The molecule has 0 aliphatic carbocycles. The topological polar surface area (TPSA) is 45.2 Å². The number of carbonyl (C=O) groups is 1. The Kier molecular flexibility index (Phi) is 5.63. The lowest BCUT2D eigenvalue weighted by atomic mass is 10.2. The first-order valence-corrected chi connectivity index (χ1v) is 7.79. The highest BCUT2D eigenvalue weighted by molar-refractivity contribution is 6.35. The van der Waals surface area contributed by atoms with Crippen molar-refractivity contribution in [2.75, 3.05) is 23.3 Å². The van der Waals surface area contributed by atoms with Crippen LogP contribution >= 0.6 is 23.2 Å². The van der Waals surface area contributed by atoms with Crippen LogP contribution in [0, 0.1) is 0 Å². The SMILES string of the molecule is CCN(CC)c1ccc(NC(=O)c2nc(Cl)ccc2Cl)cc1. The molecule has 22 heavy (non-hydrogen) atoms. The van der Waals surface area contributed by atoms with Gasteiger partial charge in [-0.25, -0.2) is 4.98 Å². The summed E-state index contributed by atoms with van der Waals surface area (Å²) >= 11 is 11.8. The molecule has 1 N–H and O–H groups in total. The van der Waals surface area contributed by atoms with Crippen LogP contribution in [0.25, 0.3) is 0 Å². The first-order valence-electron chi connectivity index (χ1n) is 7.03. The van der Waals surface area contributed by atoms with Gasteiger partial charge in [0.15, 0.2) is 0 Å². The number of carbonyl (C=O) groups excluding carboxylic acids is 1. The minimum Gasteiger partial charge on any atom is -0.372 e. The molecule has 0 atom stereocenters. The molecule has 0 spiro atoms. The van der Waals surface area contributed by atoms with Gasteiger partial charge in [-0.2, -0.15) is 0 Å². The van der Waals surface area contributed by atoms with E-state index in [1.54, 1.807) is 12.1 Å². The van der Waals surface area contributed by atoms with Crippen LogP contribution < -0.4 is 10.2 Å². The molecule has 0 bridgehead atoms. The van der Waals surface area contributed by atoms with Gasteiger partial charge in [-0.3, -0.25) is 4.79 Å². The maximum absolute atomic E-state index is 12.2. The van der Waals surface area contributed by atoms with Gasteiger partial charge in [0.05, 0.1) is 5.02 Å². The van der Waals surface area contributed by atoms with E-state index in [0.717, 1.165) is 18.8 Å². The Morgan fingerprint density at radius 1 is 1.09 bits per heavy atom. The highest BCUT2D eigenvalue weighted by atomic mass is 35.5. The fourth-order valence-corrected chi connectivity index (χ4v) is 2.45. The van der Waals surface area contributed by atoms with Crippen LogP contribution in [0.2, 0.25) is 10.2 Å². The van der Waals surface area contributed by atoms with E-state index < -0.39 is 0 Å². The van der Waals surface area contributed by atoms with Crippen molar-refractivity contribution in [3.63, 3.8) is 0 Å². The third-order valence-corrected chi connectivity index (χ3v) is 3.80.